The Balaban J connectivity index is 1.93. The third-order valence-corrected chi connectivity index (χ3v) is 3.68. The molecule has 0 aliphatic carbocycles. The Bertz CT molecular complexity index is 1050. The first-order valence-electron chi connectivity index (χ1n) is 7.02. The van der Waals surface area contributed by atoms with Crippen LogP contribution in [0.15, 0.2) is 57.9 Å². The highest BCUT2D eigenvalue weighted by molar-refractivity contribution is 5.82. The highest BCUT2D eigenvalue weighted by Gasteiger charge is 2.12. The van der Waals surface area contributed by atoms with Gasteiger partial charge in [-0.15, -0.1) is 0 Å². The minimum absolute atomic E-state index is 0.396. The third-order valence-electron chi connectivity index (χ3n) is 3.68. The molecule has 4 aromatic rings. The van der Waals surface area contributed by atoms with Gasteiger partial charge in [0.05, 0.1) is 12.1 Å². The van der Waals surface area contributed by atoms with Crippen molar-refractivity contribution in [2.75, 3.05) is 0 Å². The van der Waals surface area contributed by atoms with E-state index >= 15 is 0 Å². The molecule has 0 aliphatic heterocycles. The number of hydrogen-bond donors (Lipinski definition) is 0. The number of fused-ring (bicyclic) bond motifs is 2. The molecule has 5 heteroatoms. The maximum absolute atomic E-state index is 12.1. The topological polar surface area (TPSA) is 60.9 Å². The van der Waals surface area contributed by atoms with Crippen LogP contribution in [0.1, 0.15) is 11.3 Å². The quantitative estimate of drug-likeness (QED) is 0.569. The summed E-state index contributed by atoms with van der Waals surface area (Å²) in [4.78, 5) is 20.9. The summed E-state index contributed by atoms with van der Waals surface area (Å²) in [6, 6.07) is 13.4. The van der Waals surface area contributed by atoms with Crippen molar-refractivity contribution in [2.45, 2.75) is 13.5 Å². The number of hydrogen-bond acceptors (Lipinski definition) is 4. The molecule has 108 valence electrons. The highest BCUT2D eigenvalue weighted by Crippen LogP contribution is 2.20. The Kier molecular flexibility index (Phi) is 2.79. The fourth-order valence-electron chi connectivity index (χ4n) is 2.74. The van der Waals surface area contributed by atoms with E-state index in [2.05, 4.69) is 9.97 Å². The van der Waals surface area contributed by atoms with Crippen molar-refractivity contribution in [3.05, 3.63) is 70.5 Å². The Morgan fingerprint density at radius 1 is 1.18 bits per heavy atom. The van der Waals surface area contributed by atoms with Crippen LogP contribution in [-0.4, -0.2) is 14.5 Å². The Morgan fingerprint density at radius 2 is 2.05 bits per heavy atom. The number of oxazole rings is 1. The summed E-state index contributed by atoms with van der Waals surface area (Å²) in [7, 11) is 0. The van der Waals surface area contributed by atoms with Crippen molar-refractivity contribution in [3.8, 4) is 0 Å². The molecule has 5 nitrogen and oxygen atoms in total. The second kappa shape index (κ2) is 4.80. The van der Waals surface area contributed by atoms with Gasteiger partial charge < -0.3 is 4.42 Å². The number of pyridine rings is 2. The van der Waals surface area contributed by atoms with Crippen molar-refractivity contribution >= 4 is 22.1 Å². The molecule has 0 saturated carbocycles. The Morgan fingerprint density at radius 3 is 2.95 bits per heavy atom. The molecule has 0 amide bonds. The molecular formula is C17H13N3O2. The molecule has 1 aromatic carbocycles. The van der Waals surface area contributed by atoms with Gasteiger partial charge in [-0.2, -0.15) is 0 Å². The number of para-hydroxylation sites is 1. The van der Waals surface area contributed by atoms with Crippen molar-refractivity contribution in [3.63, 3.8) is 0 Å². The van der Waals surface area contributed by atoms with E-state index in [1.54, 1.807) is 22.9 Å². The zero-order chi connectivity index (χ0) is 15.1. The summed E-state index contributed by atoms with van der Waals surface area (Å²) in [5, 5.41) is 1.03. The van der Waals surface area contributed by atoms with Crippen molar-refractivity contribution < 1.29 is 4.42 Å². The van der Waals surface area contributed by atoms with E-state index in [-0.39, 0.29) is 0 Å². The van der Waals surface area contributed by atoms with Crippen LogP contribution in [-0.2, 0) is 6.54 Å². The van der Waals surface area contributed by atoms with E-state index in [0.29, 0.717) is 17.8 Å². The van der Waals surface area contributed by atoms with Crippen LogP contribution < -0.4 is 5.76 Å². The zero-order valence-corrected chi connectivity index (χ0v) is 12.0. The van der Waals surface area contributed by atoms with Gasteiger partial charge >= 0.3 is 5.76 Å². The van der Waals surface area contributed by atoms with Crippen molar-refractivity contribution in [1.29, 1.82) is 0 Å². The lowest BCUT2D eigenvalue weighted by Gasteiger charge is -2.08. The first-order valence-corrected chi connectivity index (χ1v) is 7.02. The first kappa shape index (κ1) is 12.8. The Hall–Kier alpha value is -2.95. The normalized spacial score (nSPS) is 11.3. The first-order chi connectivity index (χ1) is 10.7. The number of rotatable bonds is 2. The molecule has 0 fully saturated rings. The number of benzene rings is 1. The fraction of sp³-hybridized carbons (Fsp3) is 0.118. The summed E-state index contributed by atoms with van der Waals surface area (Å²) in [6.45, 7) is 2.36. The molecule has 3 heterocycles. The summed E-state index contributed by atoms with van der Waals surface area (Å²) in [6.07, 6.45) is 1.66. The van der Waals surface area contributed by atoms with Gasteiger partial charge in [0.15, 0.2) is 11.2 Å². The number of nitrogens with zero attached hydrogens (tertiary/aromatic N) is 3. The van der Waals surface area contributed by atoms with E-state index in [1.807, 2.05) is 37.3 Å². The molecule has 0 bridgehead atoms. The lowest BCUT2D eigenvalue weighted by molar-refractivity contribution is 0.518. The van der Waals surface area contributed by atoms with Crippen LogP contribution in [0.3, 0.4) is 0 Å². The van der Waals surface area contributed by atoms with Gasteiger partial charge in [0.1, 0.15) is 0 Å². The van der Waals surface area contributed by atoms with E-state index in [4.69, 9.17) is 4.42 Å². The summed E-state index contributed by atoms with van der Waals surface area (Å²) in [5.74, 6) is -0.396. The van der Waals surface area contributed by atoms with Crippen molar-refractivity contribution in [2.24, 2.45) is 0 Å². The predicted octanol–water partition coefficient (Wildman–Crippen LogP) is 2.89. The second-order valence-electron chi connectivity index (χ2n) is 5.22. The van der Waals surface area contributed by atoms with Crippen LogP contribution in [0.5, 0.6) is 0 Å². The summed E-state index contributed by atoms with van der Waals surface area (Å²) >= 11 is 0. The van der Waals surface area contributed by atoms with Gasteiger partial charge in [0, 0.05) is 17.3 Å². The van der Waals surface area contributed by atoms with Gasteiger partial charge in [-0.3, -0.25) is 9.55 Å². The molecule has 0 radical (unpaired) electrons. The van der Waals surface area contributed by atoms with Gasteiger partial charge in [0.25, 0.3) is 0 Å². The SMILES string of the molecule is Cc1cc(Cn2c(=O)oc3cccnc32)c2ccccc2n1. The molecular weight excluding hydrogens is 278 g/mol. The minimum Gasteiger partial charge on any atom is -0.406 e. The van der Waals surface area contributed by atoms with Crippen LogP contribution in [0.2, 0.25) is 0 Å². The molecule has 0 N–H and O–H groups in total. The number of aromatic nitrogens is 3. The average Bonchev–Trinajstić information content (AvgIpc) is 2.83. The molecule has 0 unspecified atom stereocenters. The van der Waals surface area contributed by atoms with E-state index in [9.17, 15) is 4.79 Å². The molecule has 3 aromatic heterocycles. The van der Waals surface area contributed by atoms with Gasteiger partial charge in [-0.05, 0) is 36.8 Å². The zero-order valence-electron chi connectivity index (χ0n) is 12.0. The molecule has 0 saturated heterocycles. The predicted molar refractivity (Wildman–Crippen MR) is 83.9 cm³/mol. The van der Waals surface area contributed by atoms with E-state index in [1.165, 1.54) is 0 Å². The smallest absolute Gasteiger partial charge is 0.406 e. The maximum Gasteiger partial charge on any atom is 0.421 e. The third kappa shape index (κ3) is 1.98. The molecule has 0 spiro atoms. The standard InChI is InChI=1S/C17H13N3O2/c1-11-9-12(13-5-2-3-6-14(13)19-11)10-20-16-15(22-17(20)21)7-4-8-18-16/h2-9H,10H2,1H3. The minimum atomic E-state index is -0.396. The lowest BCUT2D eigenvalue weighted by Crippen LogP contribution is -2.15. The Labute approximate surface area is 125 Å². The average molecular weight is 291 g/mol. The largest absolute Gasteiger partial charge is 0.421 e. The van der Waals surface area contributed by atoms with Crippen LogP contribution in [0.4, 0.5) is 0 Å². The highest BCUT2D eigenvalue weighted by atomic mass is 16.4. The maximum atomic E-state index is 12.1. The van der Waals surface area contributed by atoms with E-state index < -0.39 is 5.76 Å². The van der Waals surface area contributed by atoms with Gasteiger partial charge in [0.2, 0.25) is 0 Å². The summed E-state index contributed by atoms with van der Waals surface area (Å²) in [5.41, 5.74) is 3.93. The van der Waals surface area contributed by atoms with Crippen LogP contribution in [0, 0.1) is 6.92 Å². The van der Waals surface area contributed by atoms with Gasteiger partial charge in [-0.1, -0.05) is 18.2 Å². The monoisotopic (exact) mass is 291 g/mol. The van der Waals surface area contributed by atoms with Crippen LogP contribution >= 0.6 is 0 Å². The van der Waals surface area contributed by atoms with Crippen LogP contribution in [0.25, 0.3) is 22.1 Å². The summed E-state index contributed by atoms with van der Waals surface area (Å²) < 4.78 is 6.79. The molecule has 0 atom stereocenters. The fourth-order valence-corrected chi connectivity index (χ4v) is 2.74. The number of aryl methyl sites for hydroxylation is 1. The molecule has 0 aliphatic rings. The van der Waals surface area contributed by atoms with Gasteiger partial charge in [-0.25, -0.2) is 9.78 Å². The van der Waals surface area contributed by atoms with E-state index in [0.717, 1.165) is 22.2 Å². The molecule has 4 rings (SSSR count). The second-order valence-corrected chi connectivity index (χ2v) is 5.22. The molecule has 22 heavy (non-hydrogen) atoms. The van der Waals surface area contributed by atoms with Crippen molar-refractivity contribution in [1.82, 2.24) is 14.5 Å². The lowest BCUT2D eigenvalue weighted by atomic mass is 10.1.